The van der Waals surface area contributed by atoms with Crippen LogP contribution in [0, 0.1) is 0 Å². The molecule has 0 aliphatic carbocycles. The Kier molecular flexibility index (Phi) is 4.24. The second-order valence-electron chi connectivity index (χ2n) is 1.90. The van der Waals surface area contributed by atoms with E-state index in [1.165, 1.54) is 11.8 Å². The molecule has 1 nitrogen and oxygen atoms in total. The lowest BCUT2D eigenvalue weighted by atomic mass is 10.2. The van der Waals surface area contributed by atoms with Gasteiger partial charge in [0.2, 0.25) is 0 Å². The van der Waals surface area contributed by atoms with Crippen LogP contribution >= 0.6 is 11.6 Å². The summed E-state index contributed by atoms with van der Waals surface area (Å²) >= 11 is 5.60. The molecule has 52 valence electrons. The fraction of sp³-hybridized carbons (Fsp3) is 0.429. The number of hydrogen-bond acceptors (Lipinski definition) is 1. The number of halogens is 1. The van der Waals surface area contributed by atoms with Gasteiger partial charge in [0.1, 0.15) is 0 Å². The Labute approximate surface area is 61.2 Å². The molecule has 0 unspecified atom stereocenters. The Morgan fingerprint density at radius 1 is 1.67 bits per heavy atom. The molecule has 0 bridgehead atoms. The fourth-order valence-electron chi connectivity index (χ4n) is 0.386. The van der Waals surface area contributed by atoms with Crippen LogP contribution in [0.2, 0.25) is 0 Å². The van der Waals surface area contributed by atoms with E-state index < -0.39 is 0 Å². The van der Waals surface area contributed by atoms with E-state index in [0.717, 1.165) is 6.42 Å². The Balaban J connectivity index is 3.95. The van der Waals surface area contributed by atoms with Gasteiger partial charge in [-0.15, -0.1) is 0 Å². The molecule has 0 amide bonds. The van der Waals surface area contributed by atoms with Gasteiger partial charge in [0, 0.05) is 6.20 Å². The van der Waals surface area contributed by atoms with Crippen LogP contribution in [0.15, 0.2) is 22.9 Å². The standard InChI is InChI=1S/C7H12ClN/c1-3-6(2)4-7(8)5-9/h4-5H,3,9H2,1-2H3/b6-4-,7-5+. The number of rotatable bonds is 2. The van der Waals surface area contributed by atoms with Gasteiger partial charge in [-0.25, -0.2) is 0 Å². The van der Waals surface area contributed by atoms with Gasteiger partial charge in [0.25, 0.3) is 0 Å². The zero-order valence-electron chi connectivity index (χ0n) is 5.82. The lowest BCUT2D eigenvalue weighted by Crippen LogP contribution is -1.79. The molecule has 0 aliphatic heterocycles. The van der Waals surface area contributed by atoms with Gasteiger partial charge in [-0.3, -0.25) is 0 Å². The highest BCUT2D eigenvalue weighted by Gasteiger charge is 1.85. The van der Waals surface area contributed by atoms with Crippen molar-refractivity contribution in [1.82, 2.24) is 0 Å². The summed E-state index contributed by atoms with van der Waals surface area (Å²) in [4.78, 5) is 0. The summed E-state index contributed by atoms with van der Waals surface area (Å²) in [5.41, 5.74) is 6.37. The highest BCUT2D eigenvalue weighted by atomic mass is 35.5. The highest BCUT2D eigenvalue weighted by Crippen LogP contribution is 2.07. The van der Waals surface area contributed by atoms with Crippen LogP contribution in [0.4, 0.5) is 0 Å². The van der Waals surface area contributed by atoms with E-state index in [4.69, 9.17) is 17.3 Å². The van der Waals surface area contributed by atoms with Crippen LogP contribution in [0.25, 0.3) is 0 Å². The molecule has 0 saturated carbocycles. The Bertz CT molecular complexity index is 136. The zero-order valence-corrected chi connectivity index (χ0v) is 6.57. The second-order valence-corrected chi connectivity index (χ2v) is 2.33. The van der Waals surface area contributed by atoms with Crippen molar-refractivity contribution >= 4 is 11.6 Å². The zero-order chi connectivity index (χ0) is 7.28. The van der Waals surface area contributed by atoms with Gasteiger partial charge in [-0.2, -0.15) is 0 Å². The van der Waals surface area contributed by atoms with E-state index in [1.807, 2.05) is 13.0 Å². The lowest BCUT2D eigenvalue weighted by molar-refractivity contribution is 1.10. The lowest BCUT2D eigenvalue weighted by Gasteiger charge is -1.91. The van der Waals surface area contributed by atoms with Gasteiger partial charge in [0.15, 0.2) is 0 Å². The minimum absolute atomic E-state index is 0.606. The third kappa shape index (κ3) is 4.10. The van der Waals surface area contributed by atoms with Gasteiger partial charge in [-0.1, -0.05) is 24.1 Å². The molecule has 0 aromatic carbocycles. The number of nitrogens with two attached hydrogens (primary N) is 1. The molecule has 2 N–H and O–H groups in total. The van der Waals surface area contributed by atoms with E-state index in [9.17, 15) is 0 Å². The van der Waals surface area contributed by atoms with Crippen molar-refractivity contribution in [3.8, 4) is 0 Å². The molecule has 0 fully saturated rings. The van der Waals surface area contributed by atoms with Crippen LogP contribution in [0.5, 0.6) is 0 Å². The van der Waals surface area contributed by atoms with Crippen molar-refractivity contribution in [1.29, 1.82) is 0 Å². The number of allylic oxidation sites excluding steroid dienone is 3. The first-order valence-electron chi connectivity index (χ1n) is 2.95. The van der Waals surface area contributed by atoms with Crippen molar-refractivity contribution in [3.05, 3.63) is 22.9 Å². The first kappa shape index (κ1) is 8.57. The fourth-order valence-corrected chi connectivity index (χ4v) is 0.572. The van der Waals surface area contributed by atoms with Crippen LogP contribution < -0.4 is 5.73 Å². The summed E-state index contributed by atoms with van der Waals surface area (Å²) in [5, 5.41) is 0.606. The first-order valence-corrected chi connectivity index (χ1v) is 3.33. The maximum absolute atomic E-state index is 5.60. The summed E-state index contributed by atoms with van der Waals surface area (Å²) in [6, 6.07) is 0. The molecule has 0 aromatic heterocycles. The van der Waals surface area contributed by atoms with Crippen LogP contribution in [0.1, 0.15) is 20.3 Å². The highest BCUT2D eigenvalue weighted by molar-refractivity contribution is 6.31. The summed E-state index contributed by atoms with van der Waals surface area (Å²) < 4.78 is 0. The minimum Gasteiger partial charge on any atom is -0.403 e. The molecule has 0 aliphatic rings. The van der Waals surface area contributed by atoms with Gasteiger partial charge < -0.3 is 5.73 Å². The third-order valence-electron chi connectivity index (χ3n) is 1.10. The predicted octanol–water partition coefficient (Wildman–Crippen LogP) is 2.38. The van der Waals surface area contributed by atoms with Gasteiger partial charge in [-0.05, 0) is 19.4 Å². The van der Waals surface area contributed by atoms with E-state index in [1.54, 1.807) is 0 Å². The summed E-state index contributed by atoms with van der Waals surface area (Å²) in [6.45, 7) is 4.10. The smallest absolute Gasteiger partial charge is 0.0559 e. The molecule has 0 aromatic rings. The molecular formula is C7H12ClN. The second kappa shape index (κ2) is 4.45. The van der Waals surface area contributed by atoms with E-state index in [2.05, 4.69) is 6.92 Å². The van der Waals surface area contributed by atoms with E-state index in [-0.39, 0.29) is 0 Å². The Morgan fingerprint density at radius 3 is 2.56 bits per heavy atom. The molecule has 0 spiro atoms. The topological polar surface area (TPSA) is 26.0 Å². The van der Waals surface area contributed by atoms with E-state index >= 15 is 0 Å². The Morgan fingerprint density at radius 2 is 2.22 bits per heavy atom. The van der Waals surface area contributed by atoms with Gasteiger partial charge in [0.05, 0.1) is 5.03 Å². The third-order valence-corrected chi connectivity index (χ3v) is 1.34. The quantitative estimate of drug-likeness (QED) is 0.594. The molecule has 0 saturated heterocycles. The molecule has 0 rings (SSSR count). The molecule has 9 heavy (non-hydrogen) atoms. The average Bonchev–Trinajstić information content (AvgIpc) is 1.87. The molecule has 0 radical (unpaired) electrons. The molecular weight excluding hydrogens is 134 g/mol. The maximum atomic E-state index is 5.60. The summed E-state index contributed by atoms with van der Waals surface area (Å²) in [7, 11) is 0. The largest absolute Gasteiger partial charge is 0.403 e. The SMILES string of the molecule is CC/C(C)=C\C(Cl)=C/N. The molecule has 0 atom stereocenters. The monoisotopic (exact) mass is 145 g/mol. The Hall–Kier alpha value is -0.430. The number of hydrogen-bond donors (Lipinski definition) is 1. The summed E-state index contributed by atoms with van der Waals surface area (Å²) in [5.74, 6) is 0. The first-order chi connectivity index (χ1) is 4.20. The molecule has 2 heteroatoms. The van der Waals surface area contributed by atoms with E-state index in [0.29, 0.717) is 5.03 Å². The average molecular weight is 146 g/mol. The van der Waals surface area contributed by atoms with Gasteiger partial charge >= 0.3 is 0 Å². The minimum atomic E-state index is 0.606. The van der Waals surface area contributed by atoms with Crippen molar-refractivity contribution in [3.63, 3.8) is 0 Å². The van der Waals surface area contributed by atoms with Crippen molar-refractivity contribution in [2.75, 3.05) is 0 Å². The summed E-state index contributed by atoms with van der Waals surface area (Å²) in [6.07, 6.45) is 4.27. The van der Waals surface area contributed by atoms with Crippen LogP contribution in [0.3, 0.4) is 0 Å². The van der Waals surface area contributed by atoms with Crippen LogP contribution in [-0.4, -0.2) is 0 Å². The van der Waals surface area contributed by atoms with Crippen LogP contribution in [-0.2, 0) is 0 Å². The molecule has 0 heterocycles. The normalized spacial score (nSPS) is 14.1. The van der Waals surface area contributed by atoms with Crippen molar-refractivity contribution in [2.24, 2.45) is 5.73 Å². The van der Waals surface area contributed by atoms with Crippen molar-refractivity contribution in [2.45, 2.75) is 20.3 Å². The van der Waals surface area contributed by atoms with Crippen molar-refractivity contribution < 1.29 is 0 Å². The predicted molar refractivity (Wildman–Crippen MR) is 42.2 cm³/mol. The maximum Gasteiger partial charge on any atom is 0.0559 e.